The summed E-state index contributed by atoms with van der Waals surface area (Å²) in [6.07, 6.45) is 2.97. The maximum absolute atomic E-state index is 13.7. The summed E-state index contributed by atoms with van der Waals surface area (Å²) >= 11 is 0. The predicted molar refractivity (Wildman–Crippen MR) is 170 cm³/mol. The van der Waals surface area contributed by atoms with E-state index in [1.54, 1.807) is 39.8 Å². The third kappa shape index (κ3) is 10.0. The quantitative estimate of drug-likeness (QED) is 0.209. The van der Waals surface area contributed by atoms with Crippen molar-refractivity contribution < 1.29 is 43.3 Å². The Labute approximate surface area is 270 Å². The lowest BCUT2D eigenvalue weighted by atomic mass is 9.85. The van der Waals surface area contributed by atoms with Gasteiger partial charge in [-0.2, -0.15) is 0 Å². The van der Waals surface area contributed by atoms with Crippen LogP contribution in [0.1, 0.15) is 54.4 Å². The summed E-state index contributed by atoms with van der Waals surface area (Å²) in [5, 5.41) is 16.3. The number of nitrogens with two attached hydrogens (primary N) is 2. The summed E-state index contributed by atoms with van der Waals surface area (Å²) in [6.45, 7) is 10.3. The minimum Gasteiger partial charge on any atom is -0.439 e. The monoisotopic (exact) mass is 644 g/mol. The van der Waals surface area contributed by atoms with Crippen molar-refractivity contribution in [3.63, 3.8) is 0 Å². The van der Waals surface area contributed by atoms with E-state index in [0.29, 0.717) is 5.57 Å². The second-order valence-corrected chi connectivity index (χ2v) is 12.2. The van der Waals surface area contributed by atoms with Gasteiger partial charge in [-0.25, -0.2) is 4.79 Å². The minimum atomic E-state index is -1.03. The Morgan fingerprint density at radius 1 is 1.11 bits per heavy atom. The number of carbonyl (C=O) groups excluding carboxylic acids is 5. The molecule has 2 bridgehead atoms. The van der Waals surface area contributed by atoms with E-state index in [-0.39, 0.29) is 47.2 Å². The summed E-state index contributed by atoms with van der Waals surface area (Å²) in [7, 11) is 2.86. The first-order valence-corrected chi connectivity index (χ1v) is 15.2. The number of fused-ring (bicyclic) bond motifs is 2. The fourth-order valence-corrected chi connectivity index (χ4v) is 5.23. The van der Waals surface area contributed by atoms with Gasteiger partial charge < -0.3 is 41.4 Å². The molecule has 46 heavy (non-hydrogen) atoms. The third-order valence-electron chi connectivity index (χ3n) is 8.06. The van der Waals surface area contributed by atoms with Gasteiger partial charge in [0.15, 0.2) is 6.10 Å². The number of ether oxygens (including phenoxy) is 3. The molecule has 2 aliphatic rings. The Morgan fingerprint density at radius 2 is 1.76 bits per heavy atom. The lowest BCUT2D eigenvalue weighted by Gasteiger charge is -2.30. The molecule has 0 aromatic rings. The number of aliphatic hydroxyl groups is 1. The predicted octanol–water partition coefficient (Wildman–Crippen LogP) is 1.86. The maximum atomic E-state index is 13.7. The van der Waals surface area contributed by atoms with E-state index in [4.69, 9.17) is 25.7 Å². The van der Waals surface area contributed by atoms with Crippen LogP contribution >= 0.6 is 0 Å². The lowest BCUT2D eigenvalue weighted by molar-refractivity contribution is -0.124. The number of carbonyl (C=O) groups is 5. The molecule has 0 saturated heterocycles. The number of allylic oxidation sites excluding steroid dienone is 4. The van der Waals surface area contributed by atoms with E-state index in [9.17, 15) is 29.1 Å². The van der Waals surface area contributed by atoms with E-state index >= 15 is 0 Å². The average Bonchev–Trinajstić information content (AvgIpc) is 2.99. The Hall–Kier alpha value is -3.91. The number of primary amides is 1. The molecular weight excluding hydrogens is 596 g/mol. The fraction of sp³-hybridized carbons (Fsp3) is 0.545. The molecule has 0 aromatic carbocycles. The van der Waals surface area contributed by atoms with Crippen molar-refractivity contribution in [1.82, 2.24) is 10.6 Å². The fourth-order valence-electron chi connectivity index (χ4n) is 5.23. The van der Waals surface area contributed by atoms with Crippen LogP contribution in [-0.4, -0.2) is 79.3 Å². The Bertz CT molecular complexity index is 1340. The van der Waals surface area contributed by atoms with Crippen LogP contribution in [0.15, 0.2) is 58.5 Å². The summed E-state index contributed by atoms with van der Waals surface area (Å²) in [5.74, 6) is -3.66. The maximum Gasteiger partial charge on any atom is 0.405 e. The molecule has 0 fully saturated rings. The Balaban J connectivity index is 2.66. The molecule has 0 spiro atoms. The normalized spacial score (nSPS) is 30.8. The molecule has 3 amide bonds. The number of aliphatic hydroxyl groups excluding tert-OH is 1. The van der Waals surface area contributed by atoms with E-state index in [2.05, 4.69) is 10.6 Å². The summed E-state index contributed by atoms with van der Waals surface area (Å²) in [6, 6.07) is -0.931. The summed E-state index contributed by atoms with van der Waals surface area (Å²) in [5.41, 5.74) is 11.6. The average molecular weight is 645 g/mol. The zero-order valence-corrected chi connectivity index (χ0v) is 27.8. The number of hydrogen-bond donors (Lipinski definition) is 5. The van der Waals surface area contributed by atoms with Gasteiger partial charge in [-0.1, -0.05) is 52.0 Å². The van der Waals surface area contributed by atoms with Gasteiger partial charge in [0.2, 0.25) is 17.5 Å². The molecule has 0 aromatic heterocycles. The molecule has 2 rings (SSSR count). The van der Waals surface area contributed by atoms with Crippen molar-refractivity contribution >= 4 is 29.5 Å². The number of Topliss-reactive ketones (excluding diaryl/α,β-unsaturated/α-hetero) is 1. The van der Waals surface area contributed by atoms with Crippen LogP contribution in [0, 0.1) is 17.8 Å². The van der Waals surface area contributed by atoms with Crippen molar-refractivity contribution in [3.8, 4) is 0 Å². The number of rotatable bonds is 6. The first kappa shape index (κ1) is 38.3. The highest BCUT2D eigenvalue weighted by molar-refractivity contribution is 6.24. The number of methoxy groups -OCH3 is 2. The largest absolute Gasteiger partial charge is 0.439 e. The van der Waals surface area contributed by atoms with Gasteiger partial charge in [0.25, 0.3) is 5.91 Å². The standard InChI is InChI=1S/C33H48N4O9/c1-16(2)26(34)32(42)37-27-21-12-17(3)13-25(45-8)28(39)19(5)14-20(6)30(46-33(35)43)24(44-7)11-9-10-18(4)31(41)36-22(29(21)40)15-23(27)38/h9-11,14-17,19,24-26,28,30,39H,12-13,34H2,1-8H3,(H2,35,43)(H,36,41)(H,37,42)/b11-9-,18-10+,20-14+/t17-,19-,24-,25-,26?,28+,30-/m1/s1. The lowest BCUT2D eigenvalue weighted by Crippen LogP contribution is -2.46. The van der Waals surface area contributed by atoms with Gasteiger partial charge in [0, 0.05) is 37.4 Å². The van der Waals surface area contributed by atoms with Crippen LogP contribution in [-0.2, 0) is 33.4 Å². The molecule has 0 radical (unpaired) electrons. The number of ketones is 2. The van der Waals surface area contributed by atoms with Crippen LogP contribution in [0.2, 0.25) is 0 Å². The van der Waals surface area contributed by atoms with Gasteiger partial charge in [-0.05, 0) is 44.1 Å². The first-order valence-electron chi connectivity index (χ1n) is 15.2. The summed E-state index contributed by atoms with van der Waals surface area (Å²) in [4.78, 5) is 64.8. The zero-order chi connectivity index (χ0) is 34.9. The van der Waals surface area contributed by atoms with Gasteiger partial charge >= 0.3 is 6.09 Å². The van der Waals surface area contributed by atoms with Crippen LogP contribution in [0.4, 0.5) is 4.79 Å². The van der Waals surface area contributed by atoms with Crippen molar-refractivity contribution in [2.45, 2.75) is 84.8 Å². The van der Waals surface area contributed by atoms with Crippen molar-refractivity contribution in [3.05, 3.63) is 58.5 Å². The molecule has 1 aliphatic carbocycles. The molecule has 0 saturated carbocycles. The molecule has 13 heteroatoms. The summed E-state index contributed by atoms with van der Waals surface area (Å²) < 4.78 is 16.6. The Kier molecular flexibility index (Phi) is 14.3. The van der Waals surface area contributed by atoms with Crippen molar-refractivity contribution in [1.29, 1.82) is 0 Å². The SMILES string of the molecule is CO[C@@H]1/C=C\C=C(/C)C(=O)NC2=CC(=O)C(NC(=O)C(N)C(C)C)=C(C[C@@H](C)C[C@@H](OC)[C@@H](O)[C@H](C)/C=C(\C)[C@H]1OC(N)=O)C2=O. The third-order valence-corrected chi connectivity index (χ3v) is 8.06. The van der Waals surface area contributed by atoms with Crippen LogP contribution in [0.25, 0.3) is 0 Å². The van der Waals surface area contributed by atoms with Crippen LogP contribution in [0.5, 0.6) is 0 Å². The Morgan fingerprint density at radius 3 is 2.33 bits per heavy atom. The highest BCUT2D eigenvalue weighted by atomic mass is 16.6. The molecule has 1 aliphatic heterocycles. The van der Waals surface area contributed by atoms with Crippen LogP contribution in [0.3, 0.4) is 0 Å². The number of nitrogens with one attached hydrogen (secondary N) is 2. The molecule has 1 unspecified atom stereocenters. The zero-order valence-electron chi connectivity index (χ0n) is 27.8. The molecule has 1 heterocycles. The minimum absolute atomic E-state index is 0.00145. The van der Waals surface area contributed by atoms with Crippen molar-refractivity contribution in [2.24, 2.45) is 29.2 Å². The second kappa shape index (κ2) is 17.1. The second-order valence-electron chi connectivity index (χ2n) is 12.2. The molecule has 7 N–H and O–H groups in total. The van der Waals surface area contributed by atoms with E-state index < -0.39 is 65.8 Å². The van der Waals surface area contributed by atoms with E-state index in [1.165, 1.54) is 33.3 Å². The van der Waals surface area contributed by atoms with E-state index in [0.717, 1.165) is 6.08 Å². The highest BCUT2D eigenvalue weighted by Gasteiger charge is 2.34. The molecule has 13 nitrogen and oxygen atoms in total. The van der Waals surface area contributed by atoms with Gasteiger partial charge in [0.05, 0.1) is 29.6 Å². The van der Waals surface area contributed by atoms with Gasteiger partial charge in [-0.3, -0.25) is 19.2 Å². The van der Waals surface area contributed by atoms with Gasteiger partial charge in [0.1, 0.15) is 6.10 Å². The first-order chi connectivity index (χ1) is 21.5. The molecule has 254 valence electrons. The molecular formula is C33H48N4O9. The number of hydrogen-bond acceptors (Lipinski definition) is 10. The van der Waals surface area contributed by atoms with Crippen molar-refractivity contribution in [2.75, 3.05) is 14.2 Å². The number of amides is 3. The smallest absolute Gasteiger partial charge is 0.405 e. The topological polar surface area (TPSA) is 209 Å². The van der Waals surface area contributed by atoms with E-state index in [1.807, 2.05) is 6.92 Å². The highest BCUT2D eigenvalue weighted by Crippen LogP contribution is 2.29. The van der Waals surface area contributed by atoms with Gasteiger partial charge in [-0.15, -0.1) is 0 Å². The van der Waals surface area contributed by atoms with Crippen LogP contribution < -0.4 is 22.1 Å². The molecule has 7 atom stereocenters.